The van der Waals surface area contributed by atoms with Crippen molar-refractivity contribution in [3.05, 3.63) is 100 Å². The van der Waals surface area contributed by atoms with Crippen LogP contribution in [-0.2, 0) is 19.4 Å². The third kappa shape index (κ3) is 7.71. The van der Waals surface area contributed by atoms with Crippen molar-refractivity contribution in [2.24, 2.45) is 0 Å². The van der Waals surface area contributed by atoms with Gasteiger partial charge < -0.3 is 14.4 Å². The molecule has 0 atom stereocenters. The Morgan fingerprint density at radius 1 is 0.884 bits per heavy atom. The van der Waals surface area contributed by atoms with Gasteiger partial charge in [-0.2, -0.15) is 5.16 Å². The van der Waals surface area contributed by atoms with Crippen LogP contribution in [0.25, 0.3) is 33.6 Å². The molecular formula is C34H35KN4O4. The predicted molar refractivity (Wildman–Crippen MR) is 161 cm³/mol. The quantitative estimate of drug-likeness (QED) is 0.238. The average molecular weight is 603 g/mol. The molecule has 5 aromatic rings. The molecule has 0 amide bonds. The molecule has 0 aliphatic heterocycles. The number of aryl methyl sites for hydroxylation is 2. The standard InChI is InChI=1S/C34H36N4O4.K/c1-6-10-29-35-28(7-2)30(24-17-19-25(20-18-24)41-34(3,4)5)32(39)38(29)21-22-13-15-23(16-14-22)26-11-8-9-12-27(26)31-36-33(40)42-37-31;/h8-9,11-20H,6-7,10,21H2,1-5H3,(H,36,37,40);/q;+1/p-1. The van der Waals surface area contributed by atoms with E-state index in [0.717, 1.165) is 45.9 Å². The fourth-order valence-corrected chi connectivity index (χ4v) is 5.04. The molecule has 0 saturated carbocycles. The maximum atomic E-state index is 14.1. The van der Waals surface area contributed by atoms with E-state index in [4.69, 9.17) is 9.72 Å². The van der Waals surface area contributed by atoms with Crippen LogP contribution in [0, 0.1) is 0 Å². The predicted octanol–water partition coefficient (Wildman–Crippen LogP) is 3.45. The summed E-state index contributed by atoms with van der Waals surface area (Å²) in [6.45, 7) is 10.5. The van der Waals surface area contributed by atoms with Gasteiger partial charge in [-0.3, -0.25) is 9.36 Å². The van der Waals surface area contributed by atoms with Crippen molar-refractivity contribution in [2.45, 2.75) is 66.0 Å². The van der Waals surface area contributed by atoms with Crippen molar-refractivity contribution in [2.75, 3.05) is 0 Å². The zero-order valence-corrected chi connectivity index (χ0v) is 28.8. The molecule has 0 radical (unpaired) electrons. The second kappa shape index (κ2) is 14.1. The van der Waals surface area contributed by atoms with E-state index in [1.807, 2.05) is 100 Å². The van der Waals surface area contributed by atoms with Crippen molar-refractivity contribution in [3.63, 3.8) is 0 Å². The van der Waals surface area contributed by atoms with Gasteiger partial charge in [0.15, 0.2) is 11.9 Å². The summed E-state index contributed by atoms with van der Waals surface area (Å²) >= 11 is 0. The Morgan fingerprint density at radius 2 is 1.53 bits per heavy atom. The minimum Gasteiger partial charge on any atom is -0.528 e. The van der Waals surface area contributed by atoms with Crippen LogP contribution in [0.3, 0.4) is 0 Å². The monoisotopic (exact) mass is 602 g/mol. The molecule has 3 aromatic carbocycles. The first-order valence-corrected chi connectivity index (χ1v) is 14.3. The van der Waals surface area contributed by atoms with E-state index < -0.39 is 6.08 Å². The van der Waals surface area contributed by atoms with Crippen LogP contribution in [0.15, 0.2) is 82.1 Å². The molecule has 43 heavy (non-hydrogen) atoms. The Labute approximate surface area is 294 Å². The number of ether oxygens (including phenoxy) is 1. The van der Waals surface area contributed by atoms with E-state index in [2.05, 4.69) is 21.6 Å². The molecule has 2 heterocycles. The Balaban J connectivity index is 0.00000423. The van der Waals surface area contributed by atoms with Gasteiger partial charge in [-0.1, -0.05) is 74.5 Å². The van der Waals surface area contributed by atoms with E-state index in [-0.39, 0.29) is 68.4 Å². The molecule has 0 aliphatic carbocycles. The van der Waals surface area contributed by atoms with E-state index in [1.165, 1.54) is 0 Å². The molecule has 0 fully saturated rings. The summed E-state index contributed by atoms with van der Waals surface area (Å²) in [5.41, 5.74) is 5.41. The van der Waals surface area contributed by atoms with Gasteiger partial charge in [0.05, 0.1) is 17.8 Å². The summed E-state index contributed by atoms with van der Waals surface area (Å²) in [6.07, 6.45) is 1.52. The van der Waals surface area contributed by atoms with Gasteiger partial charge >= 0.3 is 51.4 Å². The van der Waals surface area contributed by atoms with Gasteiger partial charge in [0.25, 0.3) is 5.56 Å². The summed E-state index contributed by atoms with van der Waals surface area (Å²) in [4.78, 5) is 22.9. The van der Waals surface area contributed by atoms with E-state index >= 15 is 0 Å². The third-order valence-electron chi connectivity index (χ3n) is 6.88. The van der Waals surface area contributed by atoms with Crippen LogP contribution in [0.1, 0.15) is 58.1 Å². The number of rotatable bonds is 9. The van der Waals surface area contributed by atoms with Gasteiger partial charge in [0, 0.05) is 12.0 Å². The van der Waals surface area contributed by atoms with Crippen molar-refractivity contribution in [3.8, 4) is 45.5 Å². The fraction of sp³-hybridized carbons (Fsp3) is 0.294. The first kappa shape index (κ1) is 32.8. The number of nitrogens with zero attached hydrogens (tertiary/aromatic N) is 4. The molecule has 9 heteroatoms. The summed E-state index contributed by atoms with van der Waals surface area (Å²) in [5, 5.41) is 15.3. The Kier molecular flexibility index (Phi) is 10.8. The first-order valence-electron chi connectivity index (χ1n) is 14.3. The van der Waals surface area contributed by atoms with Crippen molar-refractivity contribution in [1.82, 2.24) is 19.7 Å². The zero-order valence-electron chi connectivity index (χ0n) is 25.7. The van der Waals surface area contributed by atoms with Crippen LogP contribution >= 0.6 is 0 Å². The molecule has 0 bridgehead atoms. The van der Waals surface area contributed by atoms with Gasteiger partial charge in [-0.25, -0.2) is 9.97 Å². The van der Waals surface area contributed by atoms with Gasteiger partial charge in [0.2, 0.25) is 0 Å². The number of hydrogen-bond acceptors (Lipinski definition) is 7. The smallest absolute Gasteiger partial charge is 0.528 e. The zero-order chi connectivity index (χ0) is 29.9. The second-order valence-corrected chi connectivity index (χ2v) is 11.2. The molecule has 0 aliphatic rings. The van der Waals surface area contributed by atoms with Crippen LogP contribution in [0.4, 0.5) is 0 Å². The third-order valence-corrected chi connectivity index (χ3v) is 6.88. The summed E-state index contributed by atoms with van der Waals surface area (Å²) in [5.74, 6) is 1.80. The Morgan fingerprint density at radius 3 is 2.12 bits per heavy atom. The van der Waals surface area contributed by atoms with Crippen LogP contribution in [0.5, 0.6) is 11.8 Å². The van der Waals surface area contributed by atoms with Crippen molar-refractivity contribution >= 4 is 0 Å². The van der Waals surface area contributed by atoms with Crippen LogP contribution in [-0.4, -0.2) is 25.3 Å². The average Bonchev–Trinajstić information content (AvgIpc) is 3.41. The molecule has 0 spiro atoms. The minimum absolute atomic E-state index is 0. The van der Waals surface area contributed by atoms with Gasteiger partial charge in [-0.05, 0) is 68.0 Å². The first-order chi connectivity index (χ1) is 20.2. The number of benzene rings is 3. The summed E-state index contributed by atoms with van der Waals surface area (Å²) < 4.78 is 12.4. The van der Waals surface area contributed by atoms with Crippen LogP contribution in [0.2, 0.25) is 0 Å². The van der Waals surface area contributed by atoms with Gasteiger partial charge in [-0.15, -0.1) is 0 Å². The summed E-state index contributed by atoms with van der Waals surface area (Å²) in [6, 6.07) is 23.3. The molecule has 0 N–H and O–H groups in total. The van der Waals surface area contributed by atoms with E-state index in [1.54, 1.807) is 4.57 Å². The largest absolute Gasteiger partial charge is 1.00 e. The normalized spacial score (nSPS) is 11.3. The maximum absolute atomic E-state index is 14.1. The van der Waals surface area contributed by atoms with Crippen molar-refractivity contribution in [1.29, 1.82) is 0 Å². The topological polar surface area (TPSA) is 106 Å². The molecule has 5 rings (SSSR count). The maximum Gasteiger partial charge on any atom is 1.00 e. The van der Waals surface area contributed by atoms with Crippen LogP contribution < -0.4 is 66.8 Å². The van der Waals surface area contributed by atoms with Crippen molar-refractivity contribution < 1.29 is 65.8 Å². The SMILES string of the molecule is CCCc1nc(CC)c(-c2ccc(OC(C)(C)C)cc2)c(=O)n1Cc1ccc(-c2ccccc2-c2noc([O-])n2)cc1.[K+]. The fourth-order valence-electron chi connectivity index (χ4n) is 5.04. The molecule has 216 valence electrons. The van der Waals surface area contributed by atoms with E-state index in [0.29, 0.717) is 30.5 Å². The Bertz CT molecular complexity index is 1740. The summed E-state index contributed by atoms with van der Waals surface area (Å²) in [7, 11) is 0. The molecule has 2 aromatic heterocycles. The van der Waals surface area contributed by atoms with E-state index in [9.17, 15) is 9.90 Å². The second-order valence-electron chi connectivity index (χ2n) is 11.2. The molecule has 8 nitrogen and oxygen atoms in total. The number of aromatic nitrogens is 4. The molecule has 0 saturated heterocycles. The minimum atomic E-state index is -0.722. The molecular weight excluding hydrogens is 567 g/mol. The molecule has 0 unspecified atom stereocenters. The number of hydrogen-bond donors (Lipinski definition) is 0. The Hall–Kier alpha value is -3.08. The van der Waals surface area contributed by atoms with Gasteiger partial charge in [0.1, 0.15) is 17.2 Å².